The van der Waals surface area contributed by atoms with Gasteiger partial charge in [-0.2, -0.15) is 0 Å². The zero-order chi connectivity index (χ0) is 13.2. The monoisotopic (exact) mass is 262 g/mol. The Morgan fingerprint density at radius 1 is 1.41 bits per heavy atom. The molecule has 1 aliphatic heterocycles. The summed E-state index contributed by atoms with van der Waals surface area (Å²) in [6, 6.07) is -0.857. The minimum atomic E-state index is -1.21. The molecule has 1 aliphatic rings. The smallest absolute Gasteiger partial charge is 0.321 e. The summed E-state index contributed by atoms with van der Waals surface area (Å²) in [5.74, 6) is -2.74. The average molecular weight is 262 g/mol. The molecule has 17 heavy (non-hydrogen) atoms. The van der Waals surface area contributed by atoms with Crippen molar-refractivity contribution in [2.45, 2.75) is 25.3 Å². The van der Waals surface area contributed by atoms with E-state index in [1.807, 2.05) is 0 Å². The van der Waals surface area contributed by atoms with Gasteiger partial charge in [0.05, 0.1) is 5.41 Å². The van der Waals surface area contributed by atoms with Gasteiger partial charge in [0.2, 0.25) is 5.91 Å². The van der Waals surface area contributed by atoms with Crippen LogP contribution in [-0.2, 0) is 14.4 Å². The lowest BCUT2D eigenvalue weighted by molar-refractivity contribution is -0.148. The molecule has 7 nitrogen and oxygen atoms in total. The van der Waals surface area contributed by atoms with Crippen molar-refractivity contribution in [1.29, 1.82) is 0 Å². The second-order valence-corrected chi connectivity index (χ2v) is 4.95. The molecule has 3 atom stereocenters. The number of aliphatic carboxylic acids is 2. The summed E-state index contributed by atoms with van der Waals surface area (Å²) in [4.78, 5) is 32.9. The second kappa shape index (κ2) is 4.98. The molecule has 96 valence electrons. The molecule has 3 unspecified atom stereocenters. The van der Waals surface area contributed by atoms with Crippen LogP contribution >= 0.6 is 9.39 Å². The van der Waals surface area contributed by atoms with Gasteiger partial charge in [-0.05, 0) is 12.8 Å². The Morgan fingerprint density at radius 2 is 2.00 bits per heavy atom. The van der Waals surface area contributed by atoms with Gasteiger partial charge in [0.15, 0.2) is 0 Å². The molecular weight excluding hydrogens is 247 g/mol. The molecule has 1 heterocycles. The Labute approximate surface area is 100 Å². The van der Waals surface area contributed by atoms with Crippen LogP contribution in [0.15, 0.2) is 0 Å². The van der Waals surface area contributed by atoms with Crippen LogP contribution in [-0.4, -0.2) is 45.3 Å². The van der Waals surface area contributed by atoms with Crippen molar-refractivity contribution in [3.63, 3.8) is 0 Å². The highest BCUT2D eigenvalue weighted by atomic mass is 31.0. The molecular formula is C9H15N2O5P. The van der Waals surface area contributed by atoms with Crippen molar-refractivity contribution in [3.8, 4) is 0 Å². The highest BCUT2D eigenvalue weighted by molar-refractivity contribution is 7.13. The Hall–Kier alpha value is -1.20. The second-order valence-electron chi connectivity index (χ2n) is 4.28. The highest BCUT2D eigenvalue weighted by Crippen LogP contribution is 2.40. The van der Waals surface area contributed by atoms with E-state index in [0.717, 1.165) is 0 Å². The standard InChI is InChI=1S/C9H15N2O5P/c10-6(12)1-2-9(8(15)16)3-5(7(13)14)11(17)4-9/h5H,1-4,17H2,(H2,10,12)(H,13,14)(H,15,16). The van der Waals surface area contributed by atoms with Crippen molar-refractivity contribution in [2.24, 2.45) is 11.1 Å². The Kier molecular flexibility index (Phi) is 4.06. The van der Waals surface area contributed by atoms with Gasteiger partial charge in [0.25, 0.3) is 0 Å². The van der Waals surface area contributed by atoms with E-state index in [1.54, 1.807) is 0 Å². The lowest BCUT2D eigenvalue weighted by Gasteiger charge is -2.22. The zero-order valence-corrected chi connectivity index (χ0v) is 10.3. The first-order chi connectivity index (χ1) is 7.78. The van der Waals surface area contributed by atoms with E-state index in [2.05, 4.69) is 9.39 Å². The summed E-state index contributed by atoms with van der Waals surface area (Å²) in [6.07, 6.45) is -0.0159. The molecule has 0 radical (unpaired) electrons. The van der Waals surface area contributed by atoms with Gasteiger partial charge in [-0.1, -0.05) is 9.39 Å². The van der Waals surface area contributed by atoms with E-state index < -0.39 is 29.3 Å². The molecule has 1 amide bonds. The summed E-state index contributed by atoms with van der Waals surface area (Å²) < 4.78 is 1.40. The molecule has 0 bridgehead atoms. The van der Waals surface area contributed by atoms with Gasteiger partial charge >= 0.3 is 11.9 Å². The number of carboxylic acid groups (broad SMARTS) is 2. The summed E-state index contributed by atoms with van der Waals surface area (Å²) >= 11 is 0. The van der Waals surface area contributed by atoms with Gasteiger partial charge in [-0.15, -0.1) is 0 Å². The van der Waals surface area contributed by atoms with E-state index >= 15 is 0 Å². The van der Waals surface area contributed by atoms with Crippen LogP contribution < -0.4 is 5.73 Å². The van der Waals surface area contributed by atoms with Gasteiger partial charge in [0, 0.05) is 13.0 Å². The molecule has 1 fully saturated rings. The number of hydrogen-bond acceptors (Lipinski definition) is 4. The number of nitrogens with two attached hydrogens (primary N) is 1. The van der Waals surface area contributed by atoms with Crippen molar-refractivity contribution in [2.75, 3.05) is 6.54 Å². The third-order valence-corrected chi connectivity index (χ3v) is 3.60. The number of carboxylic acids is 2. The van der Waals surface area contributed by atoms with Crippen molar-refractivity contribution in [3.05, 3.63) is 0 Å². The number of rotatable bonds is 5. The maximum Gasteiger partial charge on any atom is 0.321 e. The number of hydrogen-bond donors (Lipinski definition) is 3. The predicted octanol–water partition coefficient (Wildman–Crippen LogP) is -0.728. The van der Waals surface area contributed by atoms with Crippen molar-refractivity contribution in [1.82, 2.24) is 4.67 Å². The van der Waals surface area contributed by atoms with Crippen LogP contribution in [0.4, 0.5) is 0 Å². The zero-order valence-electron chi connectivity index (χ0n) is 9.13. The number of carbonyl (C=O) groups is 3. The molecule has 1 rings (SSSR count). The summed E-state index contributed by atoms with van der Waals surface area (Å²) in [7, 11) is 2.21. The van der Waals surface area contributed by atoms with Gasteiger partial charge in [0.1, 0.15) is 6.04 Å². The lowest BCUT2D eigenvalue weighted by atomic mass is 9.81. The quantitative estimate of drug-likeness (QED) is 0.562. The fourth-order valence-electron chi connectivity index (χ4n) is 2.05. The van der Waals surface area contributed by atoms with Crippen molar-refractivity contribution >= 4 is 27.2 Å². The van der Waals surface area contributed by atoms with E-state index in [0.29, 0.717) is 0 Å². The normalized spacial score (nSPS) is 29.1. The fourth-order valence-corrected chi connectivity index (χ4v) is 2.63. The maximum atomic E-state index is 11.3. The Balaban J connectivity index is 2.85. The number of amides is 1. The highest BCUT2D eigenvalue weighted by Gasteiger charge is 2.50. The molecule has 0 aliphatic carbocycles. The van der Waals surface area contributed by atoms with Crippen LogP contribution in [0.25, 0.3) is 0 Å². The molecule has 0 aromatic heterocycles. The summed E-state index contributed by atoms with van der Waals surface area (Å²) in [5.41, 5.74) is 3.78. The van der Waals surface area contributed by atoms with Gasteiger partial charge in [-0.25, -0.2) is 0 Å². The molecule has 0 aromatic carbocycles. The first-order valence-electron chi connectivity index (χ1n) is 5.04. The third-order valence-electron chi connectivity index (χ3n) is 3.06. The van der Waals surface area contributed by atoms with Crippen LogP contribution in [0.3, 0.4) is 0 Å². The number of nitrogens with zero attached hydrogens (tertiary/aromatic N) is 1. The molecule has 4 N–H and O–H groups in total. The minimum absolute atomic E-state index is 0.0194. The molecule has 8 heteroatoms. The van der Waals surface area contributed by atoms with Crippen LogP contribution in [0.5, 0.6) is 0 Å². The minimum Gasteiger partial charge on any atom is -0.481 e. The first kappa shape index (κ1) is 13.9. The van der Waals surface area contributed by atoms with E-state index in [4.69, 9.17) is 10.8 Å². The van der Waals surface area contributed by atoms with Crippen LogP contribution in [0.2, 0.25) is 0 Å². The third kappa shape index (κ3) is 2.92. The van der Waals surface area contributed by atoms with E-state index in [1.165, 1.54) is 4.67 Å². The average Bonchev–Trinajstić information content (AvgIpc) is 2.54. The predicted molar refractivity (Wildman–Crippen MR) is 61.0 cm³/mol. The molecule has 1 saturated heterocycles. The Morgan fingerprint density at radius 3 is 2.35 bits per heavy atom. The molecule has 0 saturated carbocycles. The van der Waals surface area contributed by atoms with E-state index in [-0.39, 0.29) is 25.8 Å². The first-order valence-corrected chi connectivity index (χ1v) is 5.56. The number of primary amides is 1. The van der Waals surface area contributed by atoms with Crippen LogP contribution in [0.1, 0.15) is 19.3 Å². The Bertz CT molecular complexity index is 361. The summed E-state index contributed by atoms with van der Waals surface area (Å²) in [5, 5.41) is 18.1. The molecule has 0 spiro atoms. The molecule has 0 aromatic rings. The van der Waals surface area contributed by atoms with Crippen molar-refractivity contribution < 1.29 is 24.6 Å². The lowest BCUT2D eigenvalue weighted by Crippen LogP contribution is -2.34. The number of carbonyl (C=O) groups excluding carboxylic acids is 1. The fraction of sp³-hybridized carbons (Fsp3) is 0.667. The summed E-state index contributed by atoms with van der Waals surface area (Å²) in [6.45, 7) is 0.0806. The van der Waals surface area contributed by atoms with E-state index in [9.17, 15) is 19.5 Å². The topological polar surface area (TPSA) is 121 Å². The van der Waals surface area contributed by atoms with Crippen LogP contribution in [0, 0.1) is 5.41 Å². The van der Waals surface area contributed by atoms with Gasteiger partial charge < -0.3 is 15.9 Å². The largest absolute Gasteiger partial charge is 0.481 e. The SMILES string of the molecule is NC(=O)CCC1(C(=O)O)CC(C(=O)O)N(P)C1. The maximum absolute atomic E-state index is 11.3. The van der Waals surface area contributed by atoms with Gasteiger partial charge in [-0.3, -0.25) is 19.1 Å².